The van der Waals surface area contributed by atoms with Gasteiger partial charge in [0, 0.05) is 45.0 Å². The number of hydrogen-bond donors (Lipinski definition) is 1. The zero-order chi connectivity index (χ0) is 24.7. The van der Waals surface area contributed by atoms with Gasteiger partial charge >= 0.3 is 6.03 Å². The molecule has 3 amide bonds. The van der Waals surface area contributed by atoms with Crippen LogP contribution in [0.5, 0.6) is 0 Å². The zero-order valence-corrected chi connectivity index (χ0v) is 20.6. The molecule has 3 aromatic carbocycles. The molecule has 2 aliphatic heterocycles. The van der Waals surface area contributed by atoms with Gasteiger partial charge in [0.05, 0.1) is 12.0 Å². The summed E-state index contributed by atoms with van der Waals surface area (Å²) < 4.78 is 0. The summed E-state index contributed by atoms with van der Waals surface area (Å²) in [6.07, 6.45) is 1.69. The number of piperazine rings is 1. The molecule has 2 heterocycles. The number of benzene rings is 3. The van der Waals surface area contributed by atoms with Crippen molar-refractivity contribution in [1.29, 1.82) is 0 Å². The van der Waals surface area contributed by atoms with E-state index in [0.717, 1.165) is 31.6 Å². The van der Waals surface area contributed by atoms with Gasteiger partial charge in [0.1, 0.15) is 0 Å². The molecule has 0 radical (unpaired) electrons. The van der Waals surface area contributed by atoms with Gasteiger partial charge in [-0.2, -0.15) is 0 Å². The first-order valence-electron chi connectivity index (χ1n) is 12.9. The summed E-state index contributed by atoms with van der Waals surface area (Å²) in [5, 5.41) is 2.96. The lowest BCUT2D eigenvalue weighted by Gasteiger charge is -2.41. The fourth-order valence-corrected chi connectivity index (χ4v) is 5.43. The van der Waals surface area contributed by atoms with Crippen molar-refractivity contribution in [3.8, 4) is 0 Å². The van der Waals surface area contributed by atoms with E-state index in [0.29, 0.717) is 26.2 Å². The molecule has 0 aromatic heterocycles. The van der Waals surface area contributed by atoms with Crippen LogP contribution in [-0.2, 0) is 4.79 Å². The molecule has 5 rings (SSSR count). The Balaban J connectivity index is 1.20. The summed E-state index contributed by atoms with van der Waals surface area (Å²) in [5.74, 6) is 0.0497. The molecule has 36 heavy (non-hydrogen) atoms. The largest absolute Gasteiger partial charge is 0.340 e. The second kappa shape index (κ2) is 11.4. The van der Waals surface area contributed by atoms with Gasteiger partial charge in [-0.1, -0.05) is 78.9 Å². The molecule has 2 aliphatic rings. The van der Waals surface area contributed by atoms with Crippen LogP contribution in [0.15, 0.2) is 91.0 Å². The normalized spacial score (nSPS) is 18.8. The second-order valence-electron chi connectivity index (χ2n) is 9.67. The molecule has 0 bridgehead atoms. The van der Waals surface area contributed by atoms with Gasteiger partial charge in [0.25, 0.3) is 0 Å². The van der Waals surface area contributed by atoms with E-state index in [-0.39, 0.29) is 23.9 Å². The molecular formula is C30H34N4O2. The minimum atomic E-state index is -0.133. The summed E-state index contributed by atoms with van der Waals surface area (Å²) in [4.78, 5) is 32.5. The summed E-state index contributed by atoms with van der Waals surface area (Å²) in [7, 11) is 0. The number of carbonyl (C=O) groups excluding carboxylic acids is 2. The molecule has 0 spiro atoms. The SMILES string of the molecule is O=C(Nc1ccccc1)N1CCC[C@@H](C(=O)N2CCN(C(c3ccccc3)c3ccccc3)CC2)C1. The number of para-hydroxylation sites is 1. The van der Waals surface area contributed by atoms with Crippen LogP contribution in [-0.4, -0.2) is 65.9 Å². The van der Waals surface area contributed by atoms with Crippen molar-refractivity contribution in [3.63, 3.8) is 0 Å². The zero-order valence-electron chi connectivity index (χ0n) is 20.6. The minimum Gasteiger partial charge on any atom is -0.340 e. The molecule has 2 saturated heterocycles. The van der Waals surface area contributed by atoms with Crippen molar-refractivity contribution >= 4 is 17.6 Å². The topological polar surface area (TPSA) is 55.9 Å². The maximum absolute atomic E-state index is 13.4. The summed E-state index contributed by atoms with van der Waals surface area (Å²) in [5.41, 5.74) is 3.32. The highest BCUT2D eigenvalue weighted by atomic mass is 16.2. The number of nitrogens with one attached hydrogen (secondary N) is 1. The van der Waals surface area contributed by atoms with Crippen LogP contribution in [0.3, 0.4) is 0 Å². The molecule has 6 heteroatoms. The van der Waals surface area contributed by atoms with Crippen molar-refractivity contribution in [3.05, 3.63) is 102 Å². The van der Waals surface area contributed by atoms with Crippen LogP contribution in [0.2, 0.25) is 0 Å². The number of rotatable bonds is 5. The van der Waals surface area contributed by atoms with Gasteiger partial charge in [-0.3, -0.25) is 9.69 Å². The highest BCUT2D eigenvalue weighted by Crippen LogP contribution is 2.30. The van der Waals surface area contributed by atoms with Crippen molar-refractivity contribution in [2.24, 2.45) is 5.92 Å². The Kier molecular flexibility index (Phi) is 7.62. The summed E-state index contributed by atoms with van der Waals surface area (Å²) >= 11 is 0. The minimum absolute atomic E-state index is 0.128. The smallest absolute Gasteiger partial charge is 0.321 e. The highest BCUT2D eigenvalue weighted by molar-refractivity contribution is 5.90. The van der Waals surface area contributed by atoms with E-state index < -0.39 is 0 Å². The Morgan fingerprint density at radius 2 is 1.25 bits per heavy atom. The van der Waals surface area contributed by atoms with Crippen LogP contribution in [0.25, 0.3) is 0 Å². The fraction of sp³-hybridized carbons (Fsp3) is 0.333. The van der Waals surface area contributed by atoms with E-state index in [2.05, 4.69) is 70.9 Å². The molecule has 0 unspecified atom stereocenters. The maximum Gasteiger partial charge on any atom is 0.321 e. The van der Waals surface area contributed by atoms with Crippen molar-refractivity contribution in [2.45, 2.75) is 18.9 Å². The van der Waals surface area contributed by atoms with Gasteiger partial charge in [-0.05, 0) is 36.1 Å². The Hall–Kier alpha value is -3.64. The van der Waals surface area contributed by atoms with Crippen LogP contribution < -0.4 is 5.32 Å². The lowest BCUT2D eigenvalue weighted by Crippen LogP contribution is -2.54. The van der Waals surface area contributed by atoms with Crippen LogP contribution >= 0.6 is 0 Å². The van der Waals surface area contributed by atoms with E-state index in [1.165, 1.54) is 11.1 Å². The Morgan fingerprint density at radius 1 is 0.694 bits per heavy atom. The van der Waals surface area contributed by atoms with Crippen LogP contribution in [0.4, 0.5) is 10.5 Å². The third kappa shape index (κ3) is 5.60. The van der Waals surface area contributed by atoms with Gasteiger partial charge in [-0.15, -0.1) is 0 Å². The number of carbonyl (C=O) groups is 2. The number of piperidine rings is 1. The van der Waals surface area contributed by atoms with Crippen LogP contribution in [0.1, 0.15) is 30.0 Å². The van der Waals surface area contributed by atoms with Gasteiger partial charge in [-0.25, -0.2) is 4.79 Å². The molecule has 186 valence electrons. The summed E-state index contributed by atoms with van der Waals surface area (Å²) in [6, 6.07) is 30.7. The van der Waals surface area contributed by atoms with E-state index in [4.69, 9.17) is 0 Å². The standard InChI is InChI=1S/C30H34N4O2/c35-29(26-15-10-18-34(23-26)30(36)31-27-16-8-3-9-17-27)33-21-19-32(20-22-33)28(24-11-4-1-5-12-24)25-13-6-2-7-14-25/h1-9,11-14,16-17,26,28H,10,15,18-23H2,(H,31,36)/t26-/m1/s1. The van der Waals surface area contributed by atoms with E-state index in [1.807, 2.05) is 35.2 Å². The van der Waals surface area contributed by atoms with Gasteiger partial charge < -0.3 is 15.1 Å². The third-order valence-corrected chi connectivity index (χ3v) is 7.30. The summed E-state index contributed by atoms with van der Waals surface area (Å²) in [6.45, 7) is 4.24. The van der Waals surface area contributed by atoms with Gasteiger partial charge in [0.2, 0.25) is 5.91 Å². The molecule has 2 fully saturated rings. The Labute approximate surface area is 213 Å². The molecule has 1 N–H and O–H groups in total. The predicted octanol–water partition coefficient (Wildman–Crippen LogP) is 4.86. The van der Waals surface area contributed by atoms with Gasteiger partial charge in [0.15, 0.2) is 0 Å². The molecule has 1 atom stereocenters. The van der Waals surface area contributed by atoms with E-state index >= 15 is 0 Å². The van der Waals surface area contributed by atoms with Crippen molar-refractivity contribution < 1.29 is 9.59 Å². The molecule has 0 aliphatic carbocycles. The number of anilines is 1. The monoisotopic (exact) mass is 482 g/mol. The van der Waals surface area contributed by atoms with Crippen molar-refractivity contribution in [2.75, 3.05) is 44.6 Å². The average molecular weight is 483 g/mol. The number of nitrogens with zero attached hydrogens (tertiary/aromatic N) is 3. The third-order valence-electron chi connectivity index (χ3n) is 7.30. The number of likely N-dealkylation sites (tertiary alicyclic amines) is 1. The molecule has 6 nitrogen and oxygen atoms in total. The van der Waals surface area contributed by atoms with Crippen LogP contribution in [0, 0.1) is 5.92 Å². The predicted molar refractivity (Wildman–Crippen MR) is 143 cm³/mol. The quantitative estimate of drug-likeness (QED) is 0.565. The van der Waals surface area contributed by atoms with E-state index in [1.54, 1.807) is 4.90 Å². The lowest BCUT2D eigenvalue weighted by atomic mass is 9.95. The Bertz CT molecular complexity index is 1090. The fourth-order valence-electron chi connectivity index (χ4n) is 5.43. The average Bonchev–Trinajstić information content (AvgIpc) is 2.95. The van der Waals surface area contributed by atoms with Crippen molar-refractivity contribution in [1.82, 2.24) is 14.7 Å². The Morgan fingerprint density at radius 3 is 1.83 bits per heavy atom. The number of hydrogen-bond acceptors (Lipinski definition) is 3. The first-order valence-corrected chi connectivity index (χ1v) is 12.9. The molecule has 0 saturated carbocycles. The molecular weight excluding hydrogens is 448 g/mol. The number of amides is 3. The molecule has 3 aromatic rings. The van der Waals surface area contributed by atoms with E-state index in [9.17, 15) is 9.59 Å². The number of urea groups is 1. The maximum atomic E-state index is 13.4. The lowest BCUT2D eigenvalue weighted by molar-refractivity contribution is -0.138. The highest BCUT2D eigenvalue weighted by Gasteiger charge is 2.34. The first kappa shape index (κ1) is 24.1. The first-order chi connectivity index (χ1) is 17.7. The second-order valence-corrected chi connectivity index (χ2v) is 9.67.